The van der Waals surface area contributed by atoms with Gasteiger partial charge in [0.05, 0.1) is 19.9 Å². The normalized spacial score (nSPS) is 11.8. The zero-order valence-corrected chi connectivity index (χ0v) is 23.8. The molecule has 0 unspecified atom stereocenters. The van der Waals surface area contributed by atoms with Crippen molar-refractivity contribution >= 4 is 34.5 Å². The van der Waals surface area contributed by atoms with E-state index in [-0.39, 0.29) is 16.9 Å². The molecule has 0 amide bonds. The number of rotatable bonds is 8. The average Bonchev–Trinajstić information content (AvgIpc) is 3.40. The molecule has 0 saturated carbocycles. The van der Waals surface area contributed by atoms with Crippen molar-refractivity contribution in [1.29, 1.82) is 0 Å². The first-order chi connectivity index (χ1) is 18.6. The molecule has 0 aliphatic carbocycles. The quantitative estimate of drug-likeness (QED) is 0.140. The first-order valence-corrected chi connectivity index (χ1v) is 13.4. The lowest BCUT2D eigenvalue weighted by Gasteiger charge is -2.22. The monoisotopic (exact) mass is 540 g/mol. The third-order valence-electron chi connectivity index (χ3n) is 6.22. The molecule has 0 bridgehead atoms. The summed E-state index contributed by atoms with van der Waals surface area (Å²) in [5.41, 5.74) is 5.16. The molecule has 0 aliphatic rings. The Labute approximate surface area is 233 Å². The van der Waals surface area contributed by atoms with Gasteiger partial charge in [0.15, 0.2) is 17.3 Å². The van der Waals surface area contributed by atoms with Crippen LogP contribution in [0.15, 0.2) is 71.0 Å². The number of thiazole rings is 1. The van der Waals surface area contributed by atoms with Gasteiger partial charge in [0.1, 0.15) is 5.75 Å². The first-order valence-electron chi connectivity index (χ1n) is 12.5. The molecule has 7 heteroatoms. The molecule has 1 N–H and O–H groups in total. The van der Waals surface area contributed by atoms with E-state index in [1.807, 2.05) is 87.7 Å². The summed E-state index contributed by atoms with van der Waals surface area (Å²) in [6.07, 6.45) is 4.94. The number of phenolic OH excluding ortho intramolecular Hbond substituents is 1. The van der Waals surface area contributed by atoms with E-state index in [9.17, 15) is 9.90 Å². The highest BCUT2D eigenvalue weighted by Gasteiger charge is 2.21. The minimum atomic E-state index is -0.320. The number of nitrogens with zero attached hydrogens (tertiary/aromatic N) is 2. The second kappa shape index (κ2) is 11.7. The Bertz CT molecular complexity index is 1540. The number of ether oxygens (including phenoxy) is 2. The predicted octanol–water partition coefficient (Wildman–Crippen LogP) is 7.79. The summed E-state index contributed by atoms with van der Waals surface area (Å²) in [4.78, 5) is 21.9. The van der Waals surface area contributed by atoms with E-state index in [0.717, 1.165) is 27.9 Å². The van der Waals surface area contributed by atoms with Gasteiger partial charge in [-0.3, -0.25) is 4.79 Å². The van der Waals surface area contributed by atoms with Gasteiger partial charge in [-0.2, -0.15) is 0 Å². The fraction of sp³-hybridized carbons (Fsp3) is 0.219. The molecule has 3 aromatic carbocycles. The van der Waals surface area contributed by atoms with Crippen molar-refractivity contribution in [3.8, 4) is 28.5 Å². The van der Waals surface area contributed by atoms with Crippen LogP contribution in [0.2, 0.25) is 0 Å². The Balaban J connectivity index is 1.63. The highest BCUT2D eigenvalue weighted by molar-refractivity contribution is 7.13. The summed E-state index contributed by atoms with van der Waals surface area (Å²) in [7, 11) is 3.19. The molecular weight excluding hydrogens is 508 g/mol. The minimum absolute atomic E-state index is 0.0823. The fourth-order valence-corrected chi connectivity index (χ4v) is 4.68. The van der Waals surface area contributed by atoms with Crippen LogP contribution in [0.25, 0.3) is 17.3 Å². The summed E-state index contributed by atoms with van der Waals surface area (Å²) >= 11 is 1.40. The van der Waals surface area contributed by atoms with Gasteiger partial charge in [0, 0.05) is 33.8 Å². The van der Waals surface area contributed by atoms with E-state index in [0.29, 0.717) is 27.8 Å². The number of carbonyl (C=O) groups excluding carboxylic acids is 1. The van der Waals surface area contributed by atoms with Crippen molar-refractivity contribution < 1.29 is 19.4 Å². The van der Waals surface area contributed by atoms with Crippen LogP contribution >= 0.6 is 11.3 Å². The molecular formula is C32H32N2O4S. The molecule has 6 nitrogen and oxygen atoms in total. The summed E-state index contributed by atoms with van der Waals surface area (Å²) in [6.45, 7) is 8.08. The number of benzene rings is 3. The van der Waals surface area contributed by atoms with Crippen molar-refractivity contribution in [2.24, 2.45) is 4.99 Å². The lowest BCUT2D eigenvalue weighted by atomic mass is 9.84. The van der Waals surface area contributed by atoms with Crippen LogP contribution < -0.4 is 9.47 Å². The van der Waals surface area contributed by atoms with Crippen LogP contribution in [-0.2, 0) is 5.41 Å². The SMILES string of the molecule is COc1ccc(-c2csc(N=Cc3cc(/C=C/C(=O)c4ccc(C)cc4)cc(C(C)(C)C)c3O)n2)cc1OC. The Morgan fingerprint density at radius 3 is 2.38 bits per heavy atom. The highest BCUT2D eigenvalue weighted by Crippen LogP contribution is 2.36. The summed E-state index contributed by atoms with van der Waals surface area (Å²) in [5.74, 6) is 1.35. The molecule has 0 atom stereocenters. The molecule has 4 aromatic rings. The Kier molecular flexibility index (Phi) is 8.31. The number of methoxy groups -OCH3 is 2. The van der Waals surface area contributed by atoms with Gasteiger partial charge in [-0.1, -0.05) is 56.7 Å². The lowest BCUT2D eigenvalue weighted by Crippen LogP contribution is -2.12. The lowest BCUT2D eigenvalue weighted by molar-refractivity contribution is 0.104. The van der Waals surface area contributed by atoms with Crippen LogP contribution in [0, 0.1) is 6.92 Å². The second-order valence-corrected chi connectivity index (χ2v) is 11.0. The van der Waals surface area contributed by atoms with Crippen LogP contribution in [0.5, 0.6) is 17.2 Å². The number of aromatic nitrogens is 1. The Morgan fingerprint density at radius 2 is 1.72 bits per heavy atom. The van der Waals surface area contributed by atoms with E-state index in [1.165, 1.54) is 11.3 Å². The molecule has 0 saturated heterocycles. The first kappa shape index (κ1) is 27.8. The average molecular weight is 541 g/mol. The van der Waals surface area contributed by atoms with Gasteiger partial charge < -0.3 is 14.6 Å². The van der Waals surface area contributed by atoms with Gasteiger partial charge >= 0.3 is 0 Å². The van der Waals surface area contributed by atoms with Crippen LogP contribution in [0.4, 0.5) is 5.13 Å². The molecule has 39 heavy (non-hydrogen) atoms. The number of allylic oxidation sites excluding steroid dienone is 1. The summed E-state index contributed by atoms with van der Waals surface area (Å²) < 4.78 is 10.7. The van der Waals surface area contributed by atoms with Crippen LogP contribution in [-0.4, -0.2) is 36.3 Å². The van der Waals surface area contributed by atoms with Crippen molar-refractivity contribution in [3.63, 3.8) is 0 Å². The molecule has 0 radical (unpaired) electrons. The molecule has 200 valence electrons. The van der Waals surface area contributed by atoms with Crippen molar-refractivity contribution in [3.05, 3.63) is 93.9 Å². The number of phenols is 1. The van der Waals surface area contributed by atoms with Crippen molar-refractivity contribution in [2.75, 3.05) is 14.2 Å². The number of ketones is 1. The number of aromatic hydroxyl groups is 1. The third-order valence-corrected chi connectivity index (χ3v) is 6.97. The molecule has 4 rings (SSSR count). The maximum Gasteiger partial charge on any atom is 0.209 e. The number of hydrogen-bond donors (Lipinski definition) is 1. The molecule has 1 aromatic heterocycles. The van der Waals surface area contributed by atoms with Crippen molar-refractivity contribution in [1.82, 2.24) is 4.98 Å². The molecule has 1 heterocycles. The van der Waals surface area contributed by atoms with E-state index >= 15 is 0 Å². The maximum atomic E-state index is 12.7. The van der Waals surface area contributed by atoms with Gasteiger partial charge in [-0.15, -0.1) is 11.3 Å². The maximum absolute atomic E-state index is 12.7. The number of carbonyl (C=O) groups is 1. The number of hydrogen-bond acceptors (Lipinski definition) is 7. The second-order valence-electron chi connectivity index (χ2n) is 10.2. The summed E-state index contributed by atoms with van der Waals surface area (Å²) in [5, 5.41) is 13.5. The Hall–Kier alpha value is -4.23. The highest BCUT2D eigenvalue weighted by atomic mass is 32.1. The smallest absolute Gasteiger partial charge is 0.209 e. The van der Waals surface area contributed by atoms with Gasteiger partial charge in [0.2, 0.25) is 5.13 Å². The van der Waals surface area contributed by atoms with E-state index < -0.39 is 0 Å². The van der Waals surface area contributed by atoms with Gasteiger partial charge in [0.25, 0.3) is 0 Å². The zero-order chi connectivity index (χ0) is 28.2. The molecule has 0 spiro atoms. The fourth-order valence-electron chi connectivity index (χ4n) is 4.01. The molecule has 0 fully saturated rings. The Morgan fingerprint density at radius 1 is 1.00 bits per heavy atom. The number of aliphatic imine (C=N–C) groups is 1. The standard InChI is InChI=1S/C32H32N2O4S/c1-20-7-10-22(11-8-20)27(35)13-9-21-15-24(30(36)25(16-21)32(2,3)4)18-33-31-34-26(19-39-31)23-12-14-28(37-5)29(17-23)38-6/h7-19,36H,1-6H3/b13-9+,33-18?. The molecule has 0 aliphatic heterocycles. The van der Waals surface area contributed by atoms with Crippen LogP contribution in [0.1, 0.15) is 53.4 Å². The van der Waals surface area contributed by atoms with E-state index in [4.69, 9.17) is 9.47 Å². The van der Waals surface area contributed by atoms with Crippen molar-refractivity contribution in [2.45, 2.75) is 33.1 Å². The predicted molar refractivity (Wildman–Crippen MR) is 159 cm³/mol. The number of aryl methyl sites for hydroxylation is 1. The van der Waals surface area contributed by atoms with E-state index in [2.05, 4.69) is 9.98 Å². The summed E-state index contributed by atoms with van der Waals surface area (Å²) in [6, 6.07) is 16.8. The van der Waals surface area contributed by atoms with Gasteiger partial charge in [-0.25, -0.2) is 9.98 Å². The minimum Gasteiger partial charge on any atom is -0.507 e. The topological polar surface area (TPSA) is 81.0 Å². The zero-order valence-electron chi connectivity index (χ0n) is 23.0. The van der Waals surface area contributed by atoms with Gasteiger partial charge in [-0.05, 0) is 54.3 Å². The van der Waals surface area contributed by atoms with E-state index in [1.54, 1.807) is 32.6 Å². The third kappa shape index (κ3) is 6.62. The largest absolute Gasteiger partial charge is 0.507 e. The van der Waals surface area contributed by atoms with Crippen LogP contribution in [0.3, 0.4) is 0 Å².